The van der Waals surface area contributed by atoms with E-state index in [1.54, 1.807) is 32.2 Å². The van der Waals surface area contributed by atoms with Crippen LogP contribution in [0.25, 0.3) is 11.1 Å². The molecule has 2 aromatic heterocycles. The second-order valence-electron chi connectivity index (χ2n) is 6.32. The Hall–Kier alpha value is -3.07. The van der Waals surface area contributed by atoms with Crippen molar-refractivity contribution in [1.29, 1.82) is 0 Å². The minimum absolute atomic E-state index is 0.00156. The number of hydrogen-bond acceptors (Lipinski definition) is 6. The number of pyridine rings is 1. The van der Waals surface area contributed by atoms with Crippen molar-refractivity contribution < 1.29 is 23.0 Å². The molecule has 28 heavy (non-hydrogen) atoms. The molecule has 0 spiro atoms. The molecule has 1 N–H and O–H groups in total. The molecule has 0 unspecified atom stereocenters. The van der Waals surface area contributed by atoms with Crippen LogP contribution in [0.3, 0.4) is 0 Å². The lowest BCUT2D eigenvalue weighted by atomic mass is 10.0. The third kappa shape index (κ3) is 3.40. The van der Waals surface area contributed by atoms with Crippen LogP contribution in [-0.4, -0.2) is 22.2 Å². The first kappa shape index (κ1) is 18.3. The molecule has 0 fully saturated rings. The van der Waals surface area contributed by atoms with Crippen molar-refractivity contribution in [3.63, 3.8) is 0 Å². The van der Waals surface area contributed by atoms with E-state index in [1.807, 2.05) is 6.92 Å². The number of carbonyl (C=O) groups is 1. The van der Waals surface area contributed by atoms with Crippen LogP contribution in [0.15, 0.2) is 30.5 Å². The molecule has 0 aliphatic carbocycles. The number of thiazole rings is 1. The lowest BCUT2D eigenvalue weighted by Crippen LogP contribution is -2.25. The van der Waals surface area contributed by atoms with Crippen molar-refractivity contribution >= 4 is 23.1 Å². The first-order valence-corrected chi connectivity index (χ1v) is 9.16. The molecule has 0 saturated carbocycles. The van der Waals surface area contributed by atoms with Crippen molar-refractivity contribution in [3.8, 4) is 22.6 Å². The summed E-state index contributed by atoms with van der Waals surface area (Å²) in [5, 5.41) is 3.55. The number of carbonyl (C=O) groups excluding carboxylic acids is 1. The zero-order valence-corrected chi connectivity index (χ0v) is 16.0. The van der Waals surface area contributed by atoms with Crippen LogP contribution < -0.4 is 14.8 Å². The lowest BCUT2D eigenvalue weighted by molar-refractivity contribution is -0.286. The molecule has 9 heteroatoms. The number of halogens is 2. The minimum atomic E-state index is -3.66. The summed E-state index contributed by atoms with van der Waals surface area (Å²) in [7, 11) is 0. The van der Waals surface area contributed by atoms with Gasteiger partial charge in [-0.3, -0.25) is 4.79 Å². The van der Waals surface area contributed by atoms with Crippen molar-refractivity contribution in [2.45, 2.75) is 27.1 Å². The number of rotatable bonds is 3. The van der Waals surface area contributed by atoms with Gasteiger partial charge in [0.25, 0.3) is 5.91 Å². The van der Waals surface area contributed by atoms with E-state index in [-0.39, 0.29) is 17.4 Å². The van der Waals surface area contributed by atoms with Crippen molar-refractivity contribution in [1.82, 2.24) is 9.97 Å². The fraction of sp³-hybridized carbons (Fsp3) is 0.211. The standard InChI is InChI=1S/C19H15F2N3O3S/c1-9-6-14-15(27-19(20,21)26-14)7-13(9)12-4-5-16(22-8-12)24-18(25)17-10(2)23-11(3)28-17/h4-8H,1-3H3,(H,22,24,25). The monoisotopic (exact) mass is 403 g/mol. The van der Waals surface area contributed by atoms with Gasteiger partial charge in [0.1, 0.15) is 10.7 Å². The summed E-state index contributed by atoms with van der Waals surface area (Å²) in [6.45, 7) is 5.39. The fourth-order valence-corrected chi connectivity index (χ4v) is 3.77. The maximum absolute atomic E-state index is 13.2. The van der Waals surface area contributed by atoms with E-state index in [9.17, 15) is 13.6 Å². The topological polar surface area (TPSA) is 73.3 Å². The summed E-state index contributed by atoms with van der Waals surface area (Å²) in [6, 6.07) is 6.38. The summed E-state index contributed by atoms with van der Waals surface area (Å²) in [4.78, 5) is 21.4. The van der Waals surface area contributed by atoms with E-state index >= 15 is 0 Å². The van der Waals surface area contributed by atoms with Crippen LogP contribution in [-0.2, 0) is 0 Å². The molecule has 3 heterocycles. The van der Waals surface area contributed by atoms with Crippen LogP contribution >= 0.6 is 11.3 Å². The predicted octanol–water partition coefficient (Wildman–Crippen LogP) is 4.70. The largest absolute Gasteiger partial charge is 0.586 e. The number of nitrogens with zero attached hydrogens (tertiary/aromatic N) is 2. The Labute approximate surface area is 163 Å². The minimum Gasteiger partial charge on any atom is -0.395 e. The number of amides is 1. The van der Waals surface area contributed by atoms with E-state index in [0.29, 0.717) is 27.5 Å². The molecular weight excluding hydrogens is 388 g/mol. The average molecular weight is 403 g/mol. The number of benzene rings is 1. The van der Waals surface area contributed by atoms with Crippen LogP contribution in [0.5, 0.6) is 11.5 Å². The number of hydrogen-bond donors (Lipinski definition) is 1. The Morgan fingerprint density at radius 2 is 1.86 bits per heavy atom. The lowest BCUT2D eigenvalue weighted by Gasteiger charge is -2.09. The number of ether oxygens (including phenoxy) is 2. The molecular formula is C19H15F2N3O3S. The normalized spacial score (nSPS) is 14.2. The van der Waals surface area contributed by atoms with E-state index in [0.717, 1.165) is 10.6 Å². The molecule has 0 bridgehead atoms. The Balaban J connectivity index is 1.56. The molecule has 0 saturated heterocycles. The molecule has 1 aliphatic heterocycles. The van der Waals surface area contributed by atoms with E-state index < -0.39 is 6.29 Å². The van der Waals surface area contributed by atoms with E-state index in [1.165, 1.54) is 23.5 Å². The highest BCUT2D eigenvalue weighted by Crippen LogP contribution is 2.44. The van der Waals surface area contributed by atoms with Crippen LogP contribution in [0.2, 0.25) is 0 Å². The first-order valence-electron chi connectivity index (χ1n) is 8.34. The predicted molar refractivity (Wildman–Crippen MR) is 100 cm³/mol. The maximum atomic E-state index is 13.2. The van der Waals surface area contributed by atoms with Gasteiger partial charge in [0, 0.05) is 11.8 Å². The zero-order chi connectivity index (χ0) is 20.1. The number of fused-ring (bicyclic) bond motifs is 1. The molecule has 144 valence electrons. The molecule has 0 radical (unpaired) electrons. The second kappa shape index (κ2) is 6.52. The number of aromatic nitrogens is 2. The maximum Gasteiger partial charge on any atom is 0.586 e. The van der Waals surface area contributed by atoms with Crippen molar-refractivity contribution in [3.05, 3.63) is 51.6 Å². The molecule has 6 nitrogen and oxygen atoms in total. The Bertz CT molecular complexity index is 1080. The summed E-state index contributed by atoms with van der Waals surface area (Å²) in [6.07, 6.45) is -2.10. The third-order valence-electron chi connectivity index (χ3n) is 4.17. The summed E-state index contributed by atoms with van der Waals surface area (Å²) < 4.78 is 35.5. The number of alkyl halides is 2. The van der Waals surface area contributed by atoms with Gasteiger partial charge in [0.2, 0.25) is 0 Å². The van der Waals surface area contributed by atoms with Crippen molar-refractivity contribution in [2.75, 3.05) is 5.32 Å². The summed E-state index contributed by atoms with van der Waals surface area (Å²) in [5.41, 5.74) is 2.78. The van der Waals surface area contributed by atoms with E-state index in [4.69, 9.17) is 0 Å². The van der Waals surface area contributed by atoms with Crippen LogP contribution in [0.1, 0.15) is 25.9 Å². The van der Waals surface area contributed by atoms with Gasteiger partial charge < -0.3 is 14.8 Å². The number of aryl methyl sites for hydroxylation is 3. The highest BCUT2D eigenvalue weighted by Gasteiger charge is 2.43. The first-order chi connectivity index (χ1) is 13.2. The molecule has 4 rings (SSSR count). The van der Waals surface area contributed by atoms with Gasteiger partial charge >= 0.3 is 6.29 Å². The fourth-order valence-electron chi connectivity index (χ4n) is 2.95. The second-order valence-corrected chi connectivity index (χ2v) is 7.52. The van der Waals surface area contributed by atoms with Crippen molar-refractivity contribution in [2.24, 2.45) is 0 Å². The Morgan fingerprint density at radius 3 is 2.46 bits per heavy atom. The number of anilines is 1. The van der Waals surface area contributed by atoms with Gasteiger partial charge in [-0.05, 0) is 56.2 Å². The molecule has 1 aliphatic rings. The molecule has 1 amide bonds. The Kier molecular flexibility index (Phi) is 4.26. The zero-order valence-electron chi connectivity index (χ0n) is 15.2. The smallest absolute Gasteiger partial charge is 0.395 e. The quantitative estimate of drug-likeness (QED) is 0.686. The third-order valence-corrected chi connectivity index (χ3v) is 5.25. The van der Waals surface area contributed by atoms with E-state index in [2.05, 4.69) is 24.8 Å². The van der Waals surface area contributed by atoms with Crippen LogP contribution in [0.4, 0.5) is 14.6 Å². The average Bonchev–Trinajstić information content (AvgIpc) is 3.11. The molecule has 0 atom stereocenters. The highest BCUT2D eigenvalue weighted by molar-refractivity contribution is 7.13. The van der Waals surface area contributed by atoms with Gasteiger partial charge in [-0.25, -0.2) is 9.97 Å². The SMILES string of the molecule is Cc1nc(C)c(C(=O)Nc2ccc(-c3cc4c(cc3C)OC(F)(F)O4)cn2)s1. The van der Waals surface area contributed by atoms with Gasteiger partial charge in [0.05, 0.1) is 10.7 Å². The van der Waals surface area contributed by atoms with Gasteiger partial charge in [-0.1, -0.05) is 0 Å². The Morgan fingerprint density at radius 1 is 1.14 bits per heavy atom. The summed E-state index contributed by atoms with van der Waals surface area (Å²) >= 11 is 1.32. The molecule has 1 aromatic carbocycles. The number of nitrogens with one attached hydrogen (secondary N) is 1. The van der Waals surface area contributed by atoms with Gasteiger partial charge in [0.15, 0.2) is 11.5 Å². The van der Waals surface area contributed by atoms with Crippen LogP contribution in [0, 0.1) is 20.8 Å². The highest BCUT2D eigenvalue weighted by atomic mass is 32.1. The summed E-state index contributed by atoms with van der Waals surface area (Å²) in [5.74, 6) is 0.0753. The van der Waals surface area contributed by atoms with Gasteiger partial charge in [-0.15, -0.1) is 20.1 Å². The van der Waals surface area contributed by atoms with Gasteiger partial charge in [-0.2, -0.15) is 0 Å². The molecule has 3 aromatic rings.